The van der Waals surface area contributed by atoms with Crippen LogP contribution in [0.4, 0.5) is 0 Å². The van der Waals surface area contributed by atoms with Crippen LogP contribution < -0.4 is 5.73 Å². The third-order valence-electron chi connectivity index (χ3n) is 4.17. The van der Waals surface area contributed by atoms with Crippen molar-refractivity contribution in [2.24, 2.45) is 5.73 Å². The topological polar surface area (TPSA) is 26.0 Å². The van der Waals surface area contributed by atoms with E-state index in [0.29, 0.717) is 5.92 Å². The van der Waals surface area contributed by atoms with Crippen molar-refractivity contribution >= 4 is 27.5 Å². The van der Waals surface area contributed by atoms with Gasteiger partial charge in [-0.15, -0.1) is 0 Å². The molecule has 1 nitrogen and oxygen atoms in total. The van der Waals surface area contributed by atoms with Crippen molar-refractivity contribution in [3.63, 3.8) is 0 Å². The zero-order chi connectivity index (χ0) is 14.1. The van der Waals surface area contributed by atoms with Gasteiger partial charge in [0.25, 0.3) is 0 Å². The summed E-state index contributed by atoms with van der Waals surface area (Å²) >= 11 is 9.58. The number of hydrogen-bond acceptors (Lipinski definition) is 1. The minimum absolute atomic E-state index is 0.113. The van der Waals surface area contributed by atoms with Crippen LogP contribution in [-0.4, -0.2) is 0 Å². The third kappa shape index (κ3) is 2.65. The molecule has 2 aromatic rings. The van der Waals surface area contributed by atoms with Crippen LogP contribution in [0.25, 0.3) is 0 Å². The van der Waals surface area contributed by atoms with Crippen LogP contribution in [0.3, 0.4) is 0 Å². The Morgan fingerprint density at radius 1 is 1.10 bits per heavy atom. The highest BCUT2D eigenvalue weighted by Crippen LogP contribution is 2.41. The lowest BCUT2D eigenvalue weighted by Crippen LogP contribution is -2.18. The quantitative estimate of drug-likeness (QED) is 0.786. The minimum atomic E-state index is -0.113. The summed E-state index contributed by atoms with van der Waals surface area (Å²) in [5, 5.41) is 0.722. The van der Waals surface area contributed by atoms with E-state index in [9.17, 15) is 0 Å². The lowest BCUT2D eigenvalue weighted by atomic mass is 9.76. The van der Waals surface area contributed by atoms with Gasteiger partial charge < -0.3 is 5.73 Å². The fourth-order valence-corrected chi connectivity index (χ4v) is 3.74. The Morgan fingerprint density at radius 3 is 2.50 bits per heavy atom. The van der Waals surface area contributed by atoms with Gasteiger partial charge in [-0.3, -0.25) is 0 Å². The Hall–Kier alpha value is -0.830. The summed E-state index contributed by atoms with van der Waals surface area (Å²) in [5.41, 5.74) is 10.2. The second kappa shape index (κ2) is 5.88. The molecule has 0 bridgehead atoms. The highest BCUT2D eigenvalue weighted by molar-refractivity contribution is 9.10. The minimum Gasteiger partial charge on any atom is -0.320 e. The molecule has 1 fully saturated rings. The van der Waals surface area contributed by atoms with Crippen molar-refractivity contribution in [2.75, 3.05) is 0 Å². The molecule has 1 aliphatic rings. The molecule has 1 aliphatic carbocycles. The summed E-state index contributed by atoms with van der Waals surface area (Å²) in [5.74, 6) is 0.684. The van der Waals surface area contributed by atoms with Crippen molar-refractivity contribution in [3.8, 4) is 0 Å². The van der Waals surface area contributed by atoms with E-state index < -0.39 is 0 Å². The molecule has 1 atom stereocenters. The second-order valence-corrected chi connectivity index (χ2v) is 6.69. The first-order valence-electron chi connectivity index (χ1n) is 6.96. The zero-order valence-electron chi connectivity index (χ0n) is 11.2. The van der Waals surface area contributed by atoms with Gasteiger partial charge in [-0.2, -0.15) is 0 Å². The SMILES string of the molecule is NC(c1ccc(Cl)cc1Br)c1ccccc1C1CCC1. The molecule has 0 spiro atoms. The maximum Gasteiger partial charge on any atom is 0.0565 e. The van der Waals surface area contributed by atoms with E-state index in [1.807, 2.05) is 18.2 Å². The van der Waals surface area contributed by atoms with Crippen molar-refractivity contribution in [2.45, 2.75) is 31.2 Å². The lowest BCUT2D eigenvalue weighted by Gasteiger charge is -2.30. The van der Waals surface area contributed by atoms with Crippen LogP contribution in [0.5, 0.6) is 0 Å². The fourth-order valence-electron chi connectivity index (χ4n) is 2.81. The van der Waals surface area contributed by atoms with Crippen LogP contribution in [0.15, 0.2) is 46.9 Å². The smallest absolute Gasteiger partial charge is 0.0565 e. The van der Waals surface area contributed by atoms with E-state index >= 15 is 0 Å². The number of halogens is 2. The predicted molar refractivity (Wildman–Crippen MR) is 88.2 cm³/mol. The molecule has 0 radical (unpaired) electrons. The van der Waals surface area contributed by atoms with Crippen LogP contribution in [0.2, 0.25) is 5.02 Å². The van der Waals surface area contributed by atoms with E-state index in [1.165, 1.54) is 30.4 Å². The Morgan fingerprint density at radius 2 is 1.85 bits per heavy atom. The molecule has 0 amide bonds. The van der Waals surface area contributed by atoms with Crippen LogP contribution in [0.1, 0.15) is 47.9 Å². The molecule has 2 N–H and O–H groups in total. The Labute approximate surface area is 133 Å². The summed E-state index contributed by atoms with van der Waals surface area (Å²) in [6.07, 6.45) is 3.90. The van der Waals surface area contributed by atoms with Crippen LogP contribution in [-0.2, 0) is 0 Å². The lowest BCUT2D eigenvalue weighted by molar-refractivity contribution is 0.416. The summed E-state index contributed by atoms with van der Waals surface area (Å²) in [7, 11) is 0. The molecular formula is C17H17BrClN. The average molecular weight is 351 g/mol. The van der Waals surface area contributed by atoms with Crippen molar-refractivity contribution in [1.29, 1.82) is 0 Å². The molecule has 20 heavy (non-hydrogen) atoms. The maximum absolute atomic E-state index is 6.51. The highest BCUT2D eigenvalue weighted by atomic mass is 79.9. The second-order valence-electron chi connectivity index (χ2n) is 5.40. The molecule has 1 unspecified atom stereocenters. The van der Waals surface area contributed by atoms with E-state index in [0.717, 1.165) is 15.1 Å². The van der Waals surface area contributed by atoms with E-state index in [1.54, 1.807) is 0 Å². The molecule has 104 valence electrons. The van der Waals surface area contributed by atoms with Gasteiger partial charge >= 0.3 is 0 Å². The molecule has 0 saturated heterocycles. The molecule has 0 aromatic heterocycles. The van der Waals surface area contributed by atoms with Crippen molar-refractivity contribution in [3.05, 3.63) is 68.7 Å². The van der Waals surface area contributed by atoms with Crippen LogP contribution >= 0.6 is 27.5 Å². The van der Waals surface area contributed by atoms with E-state index in [-0.39, 0.29) is 6.04 Å². The monoisotopic (exact) mass is 349 g/mol. The van der Waals surface area contributed by atoms with Gasteiger partial charge in [-0.1, -0.05) is 64.3 Å². The molecular weight excluding hydrogens is 334 g/mol. The molecule has 0 aliphatic heterocycles. The molecule has 1 saturated carbocycles. The first-order valence-corrected chi connectivity index (χ1v) is 8.13. The van der Waals surface area contributed by atoms with E-state index in [2.05, 4.69) is 40.2 Å². The van der Waals surface area contributed by atoms with Gasteiger partial charge in [-0.05, 0) is 47.6 Å². The summed E-state index contributed by atoms with van der Waals surface area (Å²) in [4.78, 5) is 0. The fraction of sp³-hybridized carbons (Fsp3) is 0.294. The first kappa shape index (κ1) is 14.1. The Balaban J connectivity index is 1.99. The first-order chi connectivity index (χ1) is 9.66. The summed E-state index contributed by atoms with van der Waals surface area (Å²) in [6, 6.07) is 14.3. The normalized spacial score (nSPS) is 16.8. The molecule has 3 heteroatoms. The standard InChI is InChI=1S/C17H17BrClN/c18-16-10-12(19)8-9-15(16)17(20)14-7-2-1-6-13(14)11-4-3-5-11/h1-2,6-11,17H,3-5,20H2. The highest BCUT2D eigenvalue weighted by Gasteiger charge is 2.24. The Bertz CT molecular complexity index is 622. The van der Waals surface area contributed by atoms with Gasteiger partial charge in [-0.25, -0.2) is 0 Å². The molecule has 0 heterocycles. The summed E-state index contributed by atoms with van der Waals surface area (Å²) in [6.45, 7) is 0. The van der Waals surface area contributed by atoms with Gasteiger partial charge in [0.1, 0.15) is 0 Å². The Kier molecular flexibility index (Phi) is 4.16. The number of benzene rings is 2. The average Bonchev–Trinajstić information content (AvgIpc) is 2.37. The van der Waals surface area contributed by atoms with Crippen molar-refractivity contribution in [1.82, 2.24) is 0 Å². The predicted octanol–water partition coefficient (Wildman–Crippen LogP) is 5.42. The maximum atomic E-state index is 6.51. The van der Waals surface area contributed by atoms with Gasteiger partial charge in [0.05, 0.1) is 6.04 Å². The molecule has 2 aromatic carbocycles. The molecule has 3 rings (SSSR count). The number of rotatable bonds is 3. The number of nitrogens with two attached hydrogens (primary N) is 1. The zero-order valence-corrected chi connectivity index (χ0v) is 13.5. The third-order valence-corrected chi connectivity index (χ3v) is 5.10. The summed E-state index contributed by atoms with van der Waals surface area (Å²) < 4.78 is 0.973. The van der Waals surface area contributed by atoms with Gasteiger partial charge in [0, 0.05) is 9.50 Å². The number of hydrogen-bond donors (Lipinski definition) is 1. The van der Waals surface area contributed by atoms with Gasteiger partial charge in [0.15, 0.2) is 0 Å². The van der Waals surface area contributed by atoms with Gasteiger partial charge in [0.2, 0.25) is 0 Å². The van der Waals surface area contributed by atoms with E-state index in [4.69, 9.17) is 17.3 Å². The van der Waals surface area contributed by atoms with Crippen LogP contribution in [0, 0.1) is 0 Å². The van der Waals surface area contributed by atoms with Crippen molar-refractivity contribution < 1.29 is 0 Å². The largest absolute Gasteiger partial charge is 0.320 e.